The Balaban J connectivity index is 3.35. The number of aryl methyl sites for hydroxylation is 1. The molecule has 0 amide bonds. The lowest BCUT2D eigenvalue weighted by Gasteiger charge is -2.20. The third kappa shape index (κ3) is 1.75. The van der Waals surface area contributed by atoms with Gasteiger partial charge >= 0.3 is 0 Å². The number of aromatic hydroxyl groups is 2. The first-order valence-electron chi connectivity index (χ1n) is 4.08. The highest BCUT2D eigenvalue weighted by atomic mass is 16.3. The van der Waals surface area contributed by atoms with Gasteiger partial charge in [0.1, 0.15) is 0 Å². The van der Waals surface area contributed by atoms with Crippen LogP contribution in [0.3, 0.4) is 0 Å². The number of hydrogen-bond acceptors (Lipinski definition) is 3. The predicted molar refractivity (Wildman–Crippen MR) is 49.8 cm³/mol. The van der Waals surface area contributed by atoms with E-state index in [4.69, 9.17) is 0 Å². The monoisotopic (exact) mass is 182 g/mol. The Morgan fingerprint density at radius 1 is 1.08 bits per heavy atom. The van der Waals surface area contributed by atoms with Crippen molar-refractivity contribution in [1.29, 1.82) is 0 Å². The molecule has 0 bridgehead atoms. The smallest absolute Gasteiger partial charge is 0.163 e. The lowest BCUT2D eigenvalue weighted by Crippen LogP contribution is -2.15. The van der Waals surface area contributed by atoms with Crippen LogP contribution in [0.5, 0.6) is 11.5 Å². The fraction of sp³-hybridized carbons (Fsp3) is 0.400. The van der Waals surface area contributed by atoms with Crippen LogP contribution in [0.25, 0.3) is 0 Å². The van der Waals surface area contributed by atoms with Gasteiger partial charge in [-0.3, -0.25) is 0 Å². The zero-order chi connectivity index (χ0) is 10.2. The van der Waals surface area contributed by atoms with Crippen molar-refractivity contribution in [3.05, 3.63) is 23.3 Å². The Hall–Kier alpha value is -1.22. The molecule has 0 aliphatic carbocycles. The van der Waals surface area contributed by atoms with E-state index in [1.807, 2.05) is 0 Å². The molecule has 0 spiro atoms. The lowest BCUT2D eigenvalue weighted by molar-refractivity contribution is 0.0753. The minimum Gasteiger partial charge on any atom is -0.504 e. The summed E-state index contributed by atoms with van der Waals surface area (Å²) in [6, 6.07) is 3.26. The first kappa shape index (κ1) is 9.86. The first-order valence-corrected chi connectivity index (χ1v) is 4.08. The van der Waals surface area contributed by atoms with Gasteiger partial charge in [0.25, 0.3) is 0 Å². The first-order chi connectivity index (χ1) is 5.84. The van der Waals surface area contributed by atoms with Crippen molar-refractivity contribution in [3.8, 4) is 11.5 Å². The molecule has 0 atom stereocenters. The van der Waals surface area contributed by atoms with Crippen LogP contribution in [-0.4, -0.2) is 15.3 Å². The van der Waals surface area contributed by atoms with Crippen LogP contribution in [-0.2, 0) is 5.60 Å². The van der Waals surface area contributed by atoms with Crippen LogP contribution < -0.4 is 0 Å². The molecule has 0 fully saturated rings. The van der Waals surface area contributed by atoms with E-state index < -0.39 is 5.60 Å². The standard InChI is InChI=1S/C10H14O3/c1-6-4-5-7(10(2,3)13)9(12)8(6)11/h4-5,11-13H,1-3H3. The number of hydrogen-bond donors (Lipinski definition) is 3. The van der Waals surface area contributed by atoms with Crippen molar-refractivity contribution < 1.29 is 15.3 Å². The number of phenolic OH excluding ortho intramolecular Hbond substituents is 2. The molecule has 0 saturated heterocycles. The summed E-state index contributed by atoms with van der Waals surface area (Å²) in [5.41, 5.74) is -0.226. The quantitative estimate of drug-likeness (QED) is 0.578. The number of aliphatic hydroxyl groups is 1. The summed E-state index contributed by atoms with van der Waals surface area (Å²) in [6.07, 6.45) is 0. The predicted octanol–water partition coefficient (Wildman–Crippen LogP) is 1.63. The van der Waals surface area contributed by atoms with E-state index in [2.05, 4.69) is 0 Å². The summed E-state index contributed by atoms with van der Waals surface area (Å²) in [4.78, 5) is 0. The van der Waals surface area contributed by atoms with Gasteiger partial charge in [0.05, 0.1) is 5.60 Å². The lowest BCUT2D eigenvalue weighted by atomic mass is 9.95. The summed E-state index contributed by atoms with van der Waals surface area (Å²) in [7, 11) is 0. The second-order valence-corrected chi connectivity index (χ2v) is 3.69. The highest BCUT2D eigenvalue weighted by molar-refractivity contribution is 5.51. The average molecular weight is 182 g/mol. The summed E-state index contributed by atoms with van der Waals surface area (Å²) in [5.74, 6) is -0.410. The van der Waals surface area contributed by atoms with Gasteiger partial charge in [0, 0.05) is 5.56 Å². The maximum Gasteiger partial charge on any atom is 0.163 e. The Morgan fingerprint density at radius 2 is 1.62 bits per heavy atom. The normalized spacial score (nSPS) is 11.7. The minimum atomic E-state index is -1.14. The van der Waals surface area contributed by atoms with E-state index in [9.17, 15) is 15.3 Å². The van der Waals surface area contributed by atoms with Gasteiger partial charge in [-0.15, -0.1) is 0 Å². The largest absolute Gasteiger partial charge is 0.504 e. The molecule has 1 rings (SSSR count). The molecule has 0 radical (unpaired) electrons. The van der Waals surface area contributed by atoms with E-state index in [1.165, 1.54) is 0 Å². The van der Waals surface area contributed by atoms with E-state index in [0.29, 0.717) is 11.1 Å². The van der Waals surface area contributed by atoms with Gasteiger partial charge in [0.2, 0.25) is 0 Å². The number of rotatable bonds is 1. The second kappa shape index (κ2) is 2.92. The second-order valence-electron chi connectivity index (χ2n) is 3.69. The fourth-order valence-electron chi connectivity index (χ4n) is 1.17. The molecule has 0 aliphatic heterocycles. The van der Waals surface area contributed by atoms with Gasteiger partial charge in [0.15, 0.2) is 11.5 Å². The molecule has 0 heterocycles. The number of phenols is 2. The fourth-order valence-corrected chi connectivity index (χ4v) is 1.17. The molecule has 0 saturated carbocycles. The zero-order valence-electron chi connectivity index (χ0n) is 8.00. The molecule has 0 aromatic heterocycles. The molecular weight excluding hydrogens is 168 g/mol. The molecular formula is C10H14O3. The highest BCUT2D eigenvalue weighted by Crippen LogP contribution is 2.37. The molecule has 3 nitrogen and oxygen atoms in total. The highest BCUT2D eigenvalue weighted by Gasteiger charge is 2.22. The summed E-state index contributed by atoms with van der Waals surface area (Å²) < 4.78 is 0. The van der Waals surface area contributed by atoms with Gasteiger partial charge in [-0.1, -0.05) is 12.1 Å². The van der Waals surface area contributed by atoms with Crippen molar-refractivity contribution in [3.63, 3.8) is 0 Å². The SMILES string of the molecule is Cc1ccc(C(C)(C)O)c(O)c1O. The maximum absolute atomic E-state index is 9.61. The number of benzene rings is 1. The van der Waals surface area contributed by atoms with Gasteiger partial charge in [-0.2, -0.15) is 0 Å². The molecule has 72 valence electrons. The Bertz CT molecular complexity index is 324. The van der Waals surface area contributed by atoms with Crippen LogP contribution in [0, 0.1) is 6.92 Å². The zero-order valence-corrected chi connectivity index (χ0v) is 8.00. The summed E-state index contributed by atoms with van der Waals surface area (Å²) in [5, 5.41) is 28.5. The van der Waals surface area contributed by atoms with Gasteiger partial charge < -0.3 is 15.3 Å². The average Bonchev–Trinajstić information content (AvgIpc) is 1.98. The minimum absolute atomic E-state index is 0.167. The molecule has 0 aliphatic rings. The molecule has 1 aromatic carbocycles. The summed E-state index contributed by atoms with van der Waals surface area (Å²) >= 11 is 0. The third-order valence-electron chi connectivity index (χ3n) is 2.01. The van der Waals surface area contributed by atoms with Crippen LogP contribution >= 0.6 is 0 Å². The molecule has 13 heavy (non-hydrogen) atoms. The van der Waals surface area contributed by atoms with Gasteiger partial charge in [-0.25, -0.2) is 0 Å². The Kier molecular flexibility index (Phi) is 2.22. The van der Waals surface area contributed by atoms with E-state index in [-0.39, 0.29) is 11.5 Å². The molecule has 1 aromatic rings. The maximum atomic E-state index is 9.61. The van der Waals surface area contributed by atoms with E-state index in [0.717, 1.165) is 0 Å². The molecule has 0 unspecified atom stereocenters. The Morgan fingerprint density at radius 3 is 2.08 bits per heavy atom. The van der Waals surface area contributed by atoms with Crippen molar-refractivity contribution in [2.75, 3.05) is 0 Å². The molecule has 3 heteroatoms. The van der Waals surface area contributed by atoms with Crippen molar-refractivity contribution in [2.24, 2.45) is 0 Å². The Labute approximate surface area is 77.3 Å². The topological polar surface area (TPSA) is 60.7 Å². The van der Waals surface area contributed by atoms with E-state index >= 15 is 0 Å². The van der Waals surface area contributed by atoms with Crippen LogP contribution in [0.2, 0.25) is 0 Å². The van der Waals surface area contributed by atoms with Crippen LogP contribution in [0.1, 0.15) is 25.0 Å². The van der Waals surface area contributed by atoms with Crippen molar-refractivity contribution in [2.45, 2.75) is 26.4 Å². The van der Waals surface area contributed by atoms with E-state index in [1.54, 1.807) is 32.9 Å². The van der Waals surface area contributed by atoms with Crippen molar-refractivity contribution in [1.82, 2.24) is 0 Å². The van der Waals surface area contributed by atoms with Crippen LogP contribution in [0.4, 0.5) is 0 Å². The third-order valence-corrected chi connectivity index (χ3v) is 2.01. The molecule has 3 N–H and O–H groups in total. The van der Waals surface area contributed by atoms with Gasteiger partial charge in [-0.05, 0) is 26.3 Å². The van der Waals surface area contributed by atoms with Crippen molar-refractivity contribution >= 4 is 0 Å². The summed E-state index contributed by atoms with van der Waals surface area (Å²) in [6.45, 7) is 4.79. The van der Waals surface area contributed by atoms with Crippen LogP contribution in [0.15, 0.2) is 12.1 Å².